The molecule has 0 saturated carbocycles. The molecule has 0 unspecified atom stereocenters. The zero-order chi connectivity index (χ0) is 19.5. The first kappa shape index (κ1) is 19.7. The van der Waals surface area contributed by atoms with Crippen molar-refractivity contribution in [3.05, 3.63) is 64.3 Å². The third-order valence-corrected chi connectivity index (χ3v) is 6.84. The Morgan fingerprint density at radius 2 is 1.82 bits per heavy atom. The maximum Gasteiger partial charge on any atom is 0.242 e. The summed E-state index contributed by atoms with van der Waals surface area (Å²) < 4.78 is 2.08. The first-order chi connectivity index (χ1) is 13.6. The fourth-order valence-corrected chi connectivity index (χ4v) is 5.29. The van der Waals surface area contributed by atoms with Crippen LogP contribution in [0.2, 0.25) is 10.0 Å². The lowest BCUT2D eigenvalue weighted by atomic mass is 10.1. The quantitative estimate of drug-likeness (QED) is 0.444. The van der Waals surface area contributed by atoms with Crippen molar-refractivity contribution >= 4 is 51.8 Å². The van der Waals surface area contributed by atoms with Gasteiger partial charge in [-0.25, -0.2) is 0 Å². The number of piperidine rings is 1. The van der Waals surface area contributed by atoms with Gasteiger partial charge in [0.2, 0.25) is 5.91 Å². The number of carbonyl (C=O) groups excluding carboxylic acids is 1. The van der Waals surface area contributed by atoms with Crippen LogP contribution in [0.25, 0.3) is 10.9 Å². The molecule has 3 aromatic rings. The average Bonchev–Trinajstić information content (AvgIpc) is 3.06. The number of rotatable bonds is 5. The number of halogens is 2. The number of aromatic nitrogens is 1. The van der Waals surface area contributed by atoms with E-state index in [-0.39, 0.29) is 5.91 Å². The van der Waals surface area contributed by atoms with Crippen LogP contribution in [0.4, 0.5) is 0 Å². The molecule has 6 heteroatoms. The highest BCUT2D eigenvalue weighted by molar-refractivity contribution is 7.98. The third-order valence-electron chi connectivity index (χ3n) is 5.16. The van der Waals surface area contributed by atoms with Crippen molar-refractivity contribution in [2.24, 2.45) is 0 Å². The molecule has 1 fully saturated rings. The molecule has 1 aliphatic heterocycles. The summed E-state index contributed by atoms with van der Waals surface area (Å²) in [6, 6.07) is 13.9. The maximum atomic E-state index is 12.7. The van der Waals surface area contributed by atoms with E-state index in [1.807, 2.05) is 29.2 Å². The fourth-order valence-electron chi connectivity index (χ4n) is 3.64. The molecular weight excluding hydrogens is 411 g/mol. The van der Waals surface area contributed by atoms with Gasteiger partial charge in [0.25, 0.3) is 0 Å². The SMILES string of the molecule is O=C(Cn1cc(SCc2ccc(Cl)cc2Cl)c2ccccc21)N1CCCCC1. The molecule has 0 bridgehead atoms. The molecule has 1 amide bonds. The summed E-state index contributed by atoms with van der Waals surface area (Å²) in [6.07, 6.45) is 5.55. The number of carbonyl (C=O) groups is 1. The monoisotopic (exact) mass is 432 g/mol. The molecule has 2 heterocycles. The summed E-state index contributed by atoms with van der Waals surface area (Å²) in [6.45, 7) is 2.16. The molecule has 0 atom stereocenters. The van der Waals surface area contributed by atoms with Gasteiger partial charge in [-0.3, -0.25) is 4.79 Å². The van der Waals surface area contributed by atoms with Crippen LogP contribution < -0.4 is 0 Å². The summed E-state index contributed by atoms with van der Waals surface area (Å²) in [4.78, 5) is 15.9. The Labute approximate surface area is 179 Å². The van der Waals surface area contributed by atoms with Crippen LogP contribution in [0.15, 0.2) is 53.6 Å². The van der Waals surface area contributed by atoms with Crippen LogP contribution >= 0.6 is 35.0 Å². The van der Waals surface area contributed by atoms with Crippen LogP contribution in [0.5, 0.6) is 0 Å². The number of thioether (sulfide) groups is 1. The Hall–Kier alpha value is -1.62. The molecular formula is C22H22Cl2N2OS. The van der Waals surface area contributed by atoms with Gasteiger partial charge < -0.3 is 9.47 Å². The van der Waals surface area contributed by atoms with Crippen molar-refractivity contribution in [3.8, 4) is 0 Å². The van der Waals surface area contributed by atoms with Gasteiger partial charge >= 0.3 is 0 Å². The minimum atomic E-state index is 0.206. The molecule has 3 nitrogen and oxygen atoms in total. The Morgan fingerprint density at radius 3 is 2.61 bits per heavy atom. The average molecular weight is 433 g/mol. The van der Waals surface area contributed by atoms with Crippen molar-refractivity contribution in [2.45, 2.75) is 36.5 Å². The highest BCUT2D eigenvalue weighted by Crippen LogP contribution is 2.34. The van der Waals surface area contributed by atoms with Crippen LogP contribution in [-0.4, -0.2) is 28.5 Å². The number of likely N-dealkylation sites (tertiary alicyclic amines) is 1. The van der Waals surface area contributed by atoms with Gasteiger partial charge in [-0.15, -0.1) is 11.8 Å². The summed E-state index contributed by atoms with van der Waals surface area (Å²) in [5.41, 5.74) is 2.15. The lowest BCUT2D eigenvalue weighted by molar-refractivity contribution is -0.132. The minimum absolute atomic E-state index is 0.206. The number of amides is 1. The van der Waals surface area contributed by atoms with Crippen LogP contribution in [0.3, 0.4) is 0 Å². The number of fused-ring (bicyclic) bond motifs is 1. The molecule has 2 aromatic carbocycles. The van der Waals surface area contributed by atoms with Gasteiger partial charge in [-0.05, 0) is 43.0 Å². The summed E-state index contributed by atoms with van der Waals surface area (Å²) in [5, 5.41) is 2.50. The Morgan fingerprint density at radius 1 is 1.04 bits per heavy atom. The minimum Gasteiger partial charge on any atom is -0.341 e. The summed E-state index contributed by atoms with van der Waals surface area (Å²) in [7, 11) is 0. The van der Waals surface area contributed by atoms with Crippen molar-refractivity contribution < 1.29 is 4.79 Å². The van der Waals surface area contributed by atoms with E-state index < -0.39 is 0 Å². The standard InChI is InChI=1S/C22H22Cl2N2OS/c23-17-9-8-16(19(24)12-17)15-28-21-13-26(20-7-3-2-6-18(20)21)14-22(27)25-10-4-1-5-11-25/h2-3,6-9,12-13H,1,4-5,10-11,14-15H2. The second kappa shape index (κ2) is 8.81. The Bertz CT molecular complexity index is 995. The Balaban J connectivity index is 1.55. The third kappa shape index (κ3) is 4.35. The molecule has 1 aliphatic rings. The largest absolute Gasteiger partial charge is 0.341 e. The van der Waals surface area contributed by atoms with E-state index in [1.165, 1.54) is 11.8 Å². The summed E-state index contributed by atoms with van der Waals surface area (Å²) in [5.74, 6) is 0.960. The first-order valence-electron chi connectivity index (χ1n) is 9.54. The van der Waals surface area contributed by atoms with Crippen LogP contribution in [0.1, 0.15) is 24.8 Å². The number of hydrogen-bond donors (Lipinski definition) is 0. The number of nitrogens with zero attached hydrogens (tertiary/aromatic N) is 2. The van der Waals surface area contributed by atoms with Crippen molar-refractivity contribution in [1.82, 2.24) is 9.47 Å². The highest BCUT2D eigenvalue weighted by Gasteiger charge is 2.18. The van der Waals surface area contributed by atoms with Gasteiger partial charge in [-0.2, -0.15) is 0 Å². The van der Waals surface area contributed by atoms with Crippen molar-refractivity contribution in [2.75, 3.05) is 13.1 Å². The van der Waals surface area contributed by atoms with Gasteiger partial charge in [0.1, 0.15) is 6.54 Å². The molecule has 0 spiro atoms. The molecule has 0 aliphatic carbocycles. The van der Waals surface area contributed by atoms with Crippen molar-refractivity contribution in [3.63, 3.8) is 0 Å². The molecule has 1 aromatic heterocycles. The second-order valence-electron chi connectivity index (χ2n) is 7.10. The summed E-state index contributed by atoms with van der Waals surface area (Å²) >= 11 is 14.1. The van der Waals surface area contributed by atoms with E-state index >= 15 is 0 Å². The highest BCUT2D eigenvalue weighted by atomic mass is 35.5. The lowest BCUT2D eigenvalue weighted by Crippen LogP contribution is -2.37. The predicted octanol–water partition coefficient (Wildman–Crippen LogP) is 6.25. The fraction of sp³-hybridized carbons (Fsp3) is 0.318. The number of hydrogen-bond acceptors (Lipinski definition) is 2. The van der Waals surface area contributed by atoms with Crippen LogP contribution in [-0.2, 0) is 17.1 Å². The molecule has 146 valence electrons. The molecule has 0 radical (unpaired) electrons. The van der Waals surface area contributed by atoms with Gasteiger partial charge in [0.15, 0.2) is 0 Å². The van der Waals surface area contributed by atoms with E-state index in [0.717, 1.165) is 47.7 Å². The number of para-hydroxylation sites is 1. The second-order valence-corrected chi connectivity index (χ2v) is 8.97. The zero-order valence-corrected chi connectivity index (χ0v) is 17.9. The van der Waals surface area contributed by atoms with Gasteiger partial charge in [-0.1, -0.05) is 47.5 Å². The van der Waals surface area contributed by atoms with E-state index in [1.54, 1.807) is 17.8 Å². The van der Waals surface area contributed by atoms with E-state index in [4.69, 9.17) is 23.2 Å². The molecule has 0 N–H and O–H groups in total. The van der Waals surface area contributed by atoms with E-state index in [9.17, 15) is 4.79 Å². The topological polar surface area (TPSA) is 25.2 Å². The first-order valence-corrected chi connectivity index (χ1v) is 11.3. The molecule has 4 rings (SSSR count). The molecule has 28 heavy (non-hydrogen) atoms. The number of benzene rings is 2. The Kier molecular flexibility index (Phi) is 6.19. The molecule has 1 saturated heterocycles. The lowest BCUT2D eigenvalue weighted by Gasteiger charge is -2.27. The van der Waals surface area contributed by atoms with E-state index in [2.05, 4.69) is 22.9 Å². The van der Waals surface area contributed by atoms with Crippen molar-refractivity contribution in [1.29, 1.82) is 0 Å². The van der Waals surface area contributed by atoms with E-state index in [0.29, 0.717) is 16.6 Å². The normalized spacial score (nSPS) is 14.6. The van der Waals surface area contributed by atoms with Crippen LogP contribution in [0, 0.1) is 0 Å². The van der Waals surface area contributed by atoms with Gasteiger partial charge in [0.05, 0.1) is 0 Å². The van der Waals surface area contributed by atoms with Gasteiger partial charge in [0, 0.05) is 50.9 Å². The zero-order valence-electron chi connectivity index (χ0n) is 15.5. The smallest absolute Gasteiger partial charge is 0.242 e. The maximum absolute atomic E-state index is 12.7. The predicted molar refractivity (Wildman–Crippen MR) is 118 cm³/mol.